The van der Waals surface area contributed by atoms with E-state index in [0.29, 0.717) is 11.3 Å². The van der Waals surface area contributed by atoms with Crippen LogP contribution in [0.3, 0.4) is 0 Å². The lowest BCUT2D eigenvalue weighted by atomic mass is 10.1. The molecule has 0 radical (unpaired) electrons. The molecule has 0 heterocycles. The van der Waals surface area contributed by atoms with Crippen molar-refractivity contribution in [2.24, 2.45) is 0 Å². The zero-order valence-electron chi connectivity index (χ0n) is 11.0. The Bertz CT molecular complexity index is 555. The summed E-state index contributed by atoms with van der Waals surface area (Å²) in [5, 5.41) is 7.25. The highest BCUT2D eigenvalue weighted by Crippen LogP contribution is 2.25. The molecule has 0 amide bonds. The third-order valence-corrected chi connectivity index (χ3v) is 4.57. The van der Waals surface area contributed by atoms with Crippen LogP contribution in [0.1, 0.15) is 25.5 Å². The van der Waals surface area contributed by atoms with Crippen LogP contribution >= 0.6 is 0 Å². The van der Waals surface area contributed by atoms with E-state index < -0.39 is 27.3 Å². The van der Waals surface area contributed by atoms with E-state index in [1.807, 2.05) is 0 Å². The average molecular weight is 287 g/mol. The van der Waals surface area contributed by atoms with E-state index in [4.69, 9.17) is 9.84 Å². The lowest BCUT2D eigenvalue weighted by Crippen LogP contribution is -2.38. The molecule has 0 aliphatic rings. The van der Waals surface area contributed by atoms with Gasteiger partial charge in [-0.1, -0.05) is 18.2 Å². The van der Waals surface area contributed by atoms with Crippen LogP contribution in [-0.2, 0) is 14.8 Å². The maximum absolute atomic E-state index is 11.8. The summed E-state index contributed by atoms with van der Waals surface area (Å²) < 4.78 is 31.1. The molecule has 6 nitrogen and oxygen atoms in total. The Labute approximate surface area is 112 Å². The van der Waals surface area contributed by atoms with Crippen molar-refractivity contribution in [2.75, 3.05) is 7.11 Å². The number of hydrogen-bond donors (Lipinski definition) is 2. The second-order valence-electron chi connectivity index (χ2n) is 4.11. The van der Waals surface area contributed by atoms with Gasteiger partial charge in [-0.3, -0.25) is 4.79 Å². The van der Waals surface area contributed by atoms with Gasteiger partial charge in [-0.15, -0.1) is 0 Å². The number of carbonyl (C=O) groups is 1. The number of aliphatic carboxylic acids is 1. The van der Waals surface area contributed by atoms with E-state index in [9.17, 15) is 13.2 Å². The van der Waals surface area contributed by atoms with Crippen LogP contribution in [0.2, 0.25) is 0 Å². The topological polar surface area (TPSA) is 92.7 Å². The van der Waals surface area contributed by atoms with E-state index in [0.717, 1.165) is 6.92 Å². The Morgan fingerprint density at radius 1 is 1.32 bits per heavy atom. The van der Waals surface area contributed by atoms with Gasteiger partial charge in [0.15, 0.2) is 5.25 Å². The molecule has 1 unspecified atom stereocenters. The smallest absolute Gasteiger partial charge is 0.323 e. The zero-order valence-corrected chi connectivity index (χ0v) is 11.8. The number of carboxylic acids is 1. The van der Waals surface area contributed by atoms with Crippen molar-refractivity contribution in [3.05, 3.63) is 29.8 Å². The molecule has 19 heavy (non-hydrogen) atoms. The number of carboxylic acid groups (broad SMARTS) is 1. The standard InChI is InChI=1S/C12H17NO5S/c1-8(10-6-4-5-7-11(10)18-3)13-19(16,17)9(2)12(14)15/h4-9,13H,1-3H3,(H,14,15)/t8-,9?/m1/s1. The van der Waals surface area contributed by atoms with Crippen LogP contribution in [-0.4, -0.2) is 31.9 Å². The Morgan fingerprint density at radius 2 is 1.89 bits per heavy atom. The van der Waals surface area contributed by atoms with Crippen LogP contribution < -0.4 is 9.46 Å². The minimum atomic E-state index is -3.94. The van der Waals surface area contributed by atoms with Crippen LogP contribution in [0.4, 0.5) is 0 Å². The third-order valence-electron chi connectivity index (χ3n) is 2.76. The summed E-state index contributed by atoms with van der Waals surface area (Å²) in [6, 6.07) is 6.37. The summed E-state index contributed by atoms with van der Waals surface area (Å²) in [5.74, 6) is -0.847. The molecular formula is C12H17NO5S. The van der Waals surface area contributed by atoms with E-state index in [-0.39, 0.29) is 0 Å². The molecule has 1 aromatic rings. The van der Waals surface area contributed by atoms with Crippen LogP contribution in [0.5, 0.6) is 5.75 Å². The minimum Gasteiger partial charge on any atom is -0.496 e. The molecule has 2 N–H and O–H groups in total. The molecule has 106 valence electrons. The van der Waals surface area contributed by atoms with Gasteiger partial charge in [-0.05, 0) is 19.9 Å². The van der Waals surface area contributed by atoms with Gasteiger partial charge in [-0.2, -0.15) is 0 Å². The maximum atomic E-state index is 11.8. The highest BCUT2D eigenvalue weighted by Gasteiger charge is 2.29. The number of nitrogens with one attached hydrogen (secondary N) is 1. The summed E-state index contributed by atoms with van der Waals surface area (Å²) in [7, 11) is -2.45. The number of para-hydroxylation sites is 1. The summed E-state index contributed by atoms with van der Waals surface area (Å²) in [6.07, 6.45) is 0. The molecule has 0 bridgehead atoms. The number of sulfonamides is 1. The van der Waals surface area contributed by atoms with Crippen molar-refractivity contribution in [2.45, 2.75) is 25.1 Å². The summed E-state index contributed by atoms with van der Waals surface area (Å²) in [4.78, 5) is 10.7. The summed E-state index contributed by atoms with van der Waals surface area (Å²) >= 11 is 0. The van der Waals surface area contributed by atoms with Gasteiger partial charge in [0.2, 0.25) is 10.0 Å². The van der Waals surface area contributed by atoms with Gasteiger partial charge in [-0.25, -0.2) is 13.1 Å². The first-order valence-corrected chi connectivity index (χ1v) is 7.21. The monoisotopic (exact) mass is 287 g/mol. The van der Waals surface area contributed by atoms with Crippen molar-refractivity contribution in [3.8, 4) is 5.75 Å². The van der Waals surface area contributed by atoms with Crippen molar-refractivity contribution in [1.29, 1.82) is 0 Å². The minimum absolute atomic E-state index is 0.542. The fourth-order valence-corrected chi connectivity index (χ4v) is 2.66. The second-order valence-corrected chi connectivity index (χ2v) is 6.14. The van der Waals surface area contributed by atoms with Crippen molar-refractivity contribution >= 4 is 16.0 Å². The summed E-state index contributed by atoms with van der Waals surface area (Å²) in [6.45, 7) is 2.75. The van der Waals surface area contributed by atoms with Gasteiger partial charge in [0, 0.05) is 11.6 Å². The van der Waals surface area contributed by atoms with Gasteiger partial charge in [0.05, 0.1) is 7.11 Å². The zero-order chi connectivity index (χ0) is 14.6. The average Bonchev–Trinajstić information content (AvgIpc) is 2.36. The highest BCUT2D eigenvalue weighted by atomic mass is 32.2. The predicted molar refractivity (Wildman–Crippen MR) is 70.6 cm³/mol. The largest absolute Gasteiger partial charge is 0.496 e. The summed E-state index contributed by atoms with van der Waals surface area (Å²) in [5.41, 5.74) is 0.645. The Kier molecular flexibility index (Phi) is 4.90. The Hall–Kier alpha value is -1.60. The fourth-order valence-electron chi connectivity index (χ4n) is 1.57. The number of methoxy groups -OCH3 is 1. The molecule has 0 aromatic heterocycles. The second kappa shape index (κ2) is 6.03. The van der Waals surface area contributed by atoms with Gasteiger partial charge in [0.25, 0.3) is 0 Å². The molecule has 0 aliphatic carbocycles. The lowest BCUT2D eigenvalue weighted by Gasteiger charge is -2.18. The van der Waals surface area contributed by atoms with Gasteiger partial charge in [0.1, 0.15) is 5.75 Å². The van der Waals surface area contributed by atoms with E-state index in [1.54, 1.807) is 31.2 Å². The number of hydrogen-bond acceptors (Lipinski definition) is 4. The molecule has 1 aromatic carbocycles. The molecule has 7 heteroatoms. The first kappa shape index (κ1) is 15.5. The Balaban J connectivity index is 2.97. The highest BCUT2D eigenvalue weighted by molar-refractivity contribution is 7.90. The maximum Gasteiger partial charge on any atom is 0.323 e. The van der Waals surface area contributed by atoms with Crippen molar-refractivity contribution in [1.82, 2.24) is 4.72 Å². The van der Waals surface area contributed by atoms with E-state index >= 15 is 0 Å². The number of ether oxygens (including phenoxy) is 1. The molecule has 0 saturated heterocycles. The van der Waals surface area contributed by atoms with Gasteiger partial charge < -0.3 is 9.84 Å². The first-order chi connectivity index (χ1) is 8.79. The van der Waals surface area contributed by atoms with Gasteiger partial charge >= 0.3 is 5.97 Å². The molecule has 2 atom stereocenters. The molecule has 0 fully saturated rings. The Morgan fingerprint density at radius 3 is 2.42 bits per heavy atom. The van der Waals surface area contributed by atoms with Crippen molar-refractivity contribution < 1.29 is 23.1 Å². The van der Waals surface area contributed by atoms with Crippen LogP contribution in [0.15, 0.2) is 24.3 Å². The molecule has 0 aliphatic heterocycles. The van der Waals surface area contributed by atoms with Crippen molar-refractivity contribution in [3.63, 3.8) is 0 Å². The quantitative estimate of drug-likeness (QED) is 0.818. The normalized spacial score (nSPS) is 14.7. The predicted octanol–water partition coefficient (Wildman–Crippen LogP) is 1.15. The third kappa shape index (κ3) is 3.68. The SMILES string of the molecule is COc1ccccc1[C@@H](C)NS(=O)(=O)C(C)C(=O)O. The molecule has 0 spiro atoms. The fraction of sp³-hybridized carbons (Fsp3) is 0.417. The van der Waals surface area contributed by atoms with E-state index in [1.165, 1.54) is 7.11 Å². The molecule has 0 saturated carbocycles. The first-order valence-electron chi connectivity index (χ1n) is 5.66. The molecule has 1 rings (SSSR count). The molecular weight excluding hydrogens is 270 g/mol. The number of rotatable bonds is 6. The number of benzene rings is 1. The lowest BCUT2D eigenvalue weighted by molar-refractivity contribution is -0.136. The van der Waals surface area contributed by atoms with E-state index in [2.05, 4.69) is 4.72 Å². The van der Waals surface area contributed by atoms with Crippen LogP contribution in [0.25, 0.3) is 0 Å². The van der Waals surface area contributed by atoms with Crippen LogP contribution in [0, 0.1) is 0 Å².